The van der Waals surface area contributed by atoms with Gasteiger partial charge in [0.05, 0.1) is 16.2 Å². The van der Waals surface area contributed by atoms with Crippen LogP contribution in [0.15, 0.2) is 41.1 Å². The van der Waals surface area contributed by atoms with E-state index in [1.807, 2.05) is 0 Å². The number of rotatable bonds is 4. The third kappa shape index (κ3) is 3.07. The Bertz CT molecular complexity index is 522. The third-order valence-corrected chi connectivity index (χ3v) is 2.48. The second-order valence-electron chi connectivity index (χ2n) is 3.30. The lowest BCUT2D eigenvalue weighted by Gasteiger charge is -2.05. The van der Waals surface area contributed by atoms with Crippen molar-refractivity contribution >= 4 is 21.9 Å². The van der Waals surface area contributed by atoms with E-state index in [4.69, 9.17) is 9.84 Å². The van der Waals surface area contributed by atoms with Gasteiger partial charge in [-0.15, -0.1) is 0 Å². The average molecular weight is 297 g/mol. The third-order valence-electron chi connectivity index (χ3n) is 2.07. The van der Waals surface area contributed by atoms with Crippen molar-refractivity contribution in [1.82, 2.24) is 9.78 Å². The number of aromatic carboxylic acids is 1. The molecule has 0 unspecified atom stereocenters. The monoisotopic (exact) mass is 296 g/mol. The number of benzene rings is 1. The highest BCUT2D eigenvalue weighted by molar-refractivity contribution is 9.10. The number of hydrogen-bond donors (Lipinski definition) is 1. The second-order valence-corrected chi connectivity index (χ2v) is 4.22. The number of hydrogen-bond acceptors (Lipinski definition) is 3. The number of carboxylic acid groups (broad SMARTS) is 1. The van der Waals surface area contributed by atoms with Gasteiger partial charge in [0.2, 0.25) is 0 Å². The van der Waals surface area contributed by atoms with E-state index in [0.717, 1.165) is 4.47 Å². The van der Waals surface area contributed by atoms with Gasteiger partial charge in [0.15, 0.2) is 6.73 Å². The molecular weight excluding hydrogens is 288 g/mol. The molecule has 0 radical (unpaired) electrons. The van der Waals surface area contributed by atoms with E-state index in [-0.39, 0.29) is 12.3 Å². The van der Waals surface area contributed by atoms with Gasteiger partial charge in [-0.25, -0.2) is 9.48 Å². The fourth-order valence-electron chi connectivity index (χ4n) is 1.24. The van der Waals surface area contributed by atoms with Crippen LogP contribution >= 0.6 is 15.9 Å². The van der Waals surface area contributed by atoms with Crippen LogP contribution in [0, 0.1) is 0 Å². The highest BCUT2D eigenvalue weighted by Crippen LogP contribution is 2.13. The van der Waals surface area contributed by atoms with Gasteiger partial charge in [0.1, 0.15) is 5.75 Å². The molecule has 1 heterocycles. The molecule has 0 amide bonds. The lowest BCUT2D eigenvalue weighted by atomic mass is 10.2. The van der Waals surface area contributed by atoms with Crippen molar-refractivity contribution < 1.29 is 14.6 Å². The molecule has 17 heavy (non-hydrogen) atoms. The van der Waals surface area contributed by atoms with E-state index >= 15 is 0 Å². The molecule has 1 aromatic carbocycles. The zero-order valence-corrected chi connectivity index (χ0v) is 10.3. The summed E-state index contributed by atoms with van der Waals surface area (Å²) in [5.74, 6) is -0.353. The molecule has 1 aromatic heterocycles. The van der Waals surface area contributed by atoms with Gasteiger partial charge < -0.3 is 9.84 Å². The lowest BCUT2D eigenvalue weighted by molar-refractivity contribution is 0.0697. The van der Waals surface area contributed by atoms with Crippen molar-refractivity contribution in [3.05, 3.63) is 46.7 Å². The van der Waals surface area contributed by atoms with Crippen LogP contribution in [-0.4, -0.2) is 20.9 Å². The molecule has 6 heteroatoms. The predicted octanol–water partition coefficient (Wildman–Crippen LogP) is 2.38. The summed E-state index contributed by atoms with van der Waals surface area (Å²) in [6.07, 6.45) is 3.45. The molecule has 0 atom stereocenters. The van der Waals surface area contributed by atoms with E-state index in [0.29, 0.717) is 5.75 Å². The van der Waals surface area contributed by atoms with Crippen LogP contribution in [0.4, 0.5) is 0 Å². The van der Waals surface area contributed by atoms with Gasteiger partial charge >= 0.3 is 5.97 Å². The van der Waals surface area contributed by atoms with Crippen molar-refractivity contribution in [2.45, 2.75) is 6.73 Å². The van der Waals surface area contributed by atoms with Crippen molar-refractivity contribution in [1.29, 1.82) is 0 Å². The number of ether oxygens (including phenoxy) is 1. The maximum atomic E-state index is 10.6. The van der Waals surface area contributed by atoms with E-state index in [1.165, 1.54) is 12.1 Å². The molecular formula is C11H9BrN2O3. The summed E-state index contributed by atoms with van der Waals surface area (Å²) in [4.78, 5) is 10.6. The zero-order valence-electron chi connectivity index (χ0n) is 8.71. The van der Waals surface area contributed by atoms with Crippen LogP contribution < -0.4 is 4.74 Å². The first-order valence-electron chi connectivity index (χ1n) is 4.79. The summed E-state index contributed by atoms with van der Waals surface area (Å²) in [6.45, 7) is 0.276. The molecule has 1 N–H and O–H groups in total. The molecule has 0 aliphatic heterocycles. The summed E-state index contributed by atoms with van der Waals surface area (Å²) in [5.41, 5.74) is 0.235. The molecule has 2 aromatic rings. The number of carbonyl (C=O) groups is 1. The van der Waals surface area contributed by atoms with E-state index < -0.39 is 5.97 Å². The van der Waals surface area contributed by atoms with Crippen LogP contribution in [-0.2, 0) is 6.73 Å². The van der Waals surface area contributed by atoms with Gasteiger partial charge in [-0.05, 0) is 40.2 Å². The van der Waals surface area contributed by atoms with Crippen LogP contribution in [0.25, 0.3) is 0 Å². The molecule has 88 valence electrons. The van der Waals surface area contributed by atoms with E-state index in [9.17, 15) is 4.79 Å². The quantitative estimate of drug-likeness (QED) is 0.941. The highest BCUT2D eigenvalue weighted by atomic mass is 79.9. The molecule has 0 aliphatic carbocycles. The molecule has 0 saturated heterocycles. The van der Waals surface area contributed by atoms with Crippen molar-refractivity contribution in [3.8, 4) is 5.75 Å². The Kier molecular flexibility index (Phi) is 3.43. The average Bonchev–Trinajstić information content (AvgIpc) is 2.73. The lowest BCUT2D eigenvalue weighted by Crippen LogP contribution is -2.05. The van der Waals surface area contributed by atoms with Crippen molar-refractivity contribution in [2.24, 2.45) is 0 Å². The van der Waals surface area contributed by atoms with Gasteiger partial charge in [0, 0.05) is 6.20 Å². The topological polar surface area (TPSA) is 64.3 Å². The Labute approximate surface area is 106 Å². The zero-order chi connectivity index (χ0) is 12.3. The summed E-state index contributed by atoms with van der Waals surface area (Å²) < 4.78 is 7.92. The minimum atomic E-state index is -0.951. The van der Waals surface area contributed by atoms with Gasteiger partial charge in [-0.3, -0.25) is 0 Å². The Hall–Kier alpha value is -1.82. The highest BCUT2D eigenvalue weighted by Gasteiger charge is 2.02. The second kappa shape index (κ2) is 5.01. The first-order chi connectivity index (χ1) is 8.15. The molecule has 5 nitrogen and oxygen atoms in total. The Morgan fingerprint density at radius 2 is 2.12 bits per heavy atom. The van der Waals surface area contributed by atoms with Gasteiger partial charge in [-0.2, -0.15) is 5.10 Å². The minimum Gasteiger partial charge on any atom is -0.478 e. The smallest absolute Gasteiger partial charge is 0.335 e. The minimum absolute atomic E-state index is 0.235. The number of aromatic nitrogens is 2. The predicted molar refractivity (Wildman–Crippen MR) is 64.0 cm³/mol. The van der Waals surface area contributed by atoms with Crippen LogP contribution in [0.3, 0.4) is 0 Å². The standard InChI is InChI=1S/C11H9BrN2O3/c12-9-5-13-14(6-9)7-17-10-3-1-8(2-4-10)11(15)16/h1-6H,7H2,(H,15,16). The number of carboxylic acids is 1. The normalized spacial score (nSPS) is 10.2. The van der Waals surface area contributed by atoms with Gasteiger partial charge in [-0.1, -0.05) is 0 Å². The molecule has 0 spiro atoms. The molecule has 0 aliphatic rings. The molecule has 0 saturated carbocycles. The van der Waals surface area contributed by atoms with Crippen LogP contribution in [0.5, 0.6) is 5.75 Å². The molecule has 0 fully saturated rings. The summed E-state index contributed by atoms with van der Waals surface area (Å²) in [5, 5.41) is 12.8. The van der Waals surface area contributed by atoms with Crippen molar-refractivity contribution in [2.75, 3.05) is 0 Å². The summed E-state index contributed by atoms with van der Waals surface area (Å²) in [6, 6.07) is 6.22. The van der Waals surface area contributed by atoms with Crippen LogP contribution in [0.1, 0.15) is 10.4 Å². The van der Waals surface area contributed by atoms with E-state index in [2.05, 4.69) is 21.0 Å². The Balaban J connectivity index is 1.97. The number of nitrogens with zero attached hydrogens (tertiary/aromatic N) is 2. The largest absolute Gasteiger partial charge is 0.478 e. The summed E-state index contributed by atoms with van der Waals surface area (Å²) >= 11 is 3.28. The SMILES string of the molecule is O=C(O)c1ccc(OCn2cc(Br)cn2)cc1. The van der Waals surface area contributed by atoms with Crippen molar-refractivity contribution in [3.63, 3.8) is 0 Å². The Morgan fingerprint density at radius 3 is 2.65 bits per heavy atom. The number of halogens is 1. The first kappa shape index (κ1) is 11.7. The molecule has 2 rings (SSSR count). The Morgan fingerprint density at radius 1 is 1.41 bits per heavy atom. The fraction of sp³-hybridized carbons (Fsp3) is 0.0909. The summed E-state index contributed by atoms with van der Waals surface area (Å²) in [7, 11) is 0. The van der Waals surface area contributed by atoms with E-state index in [1.54, 1.807) is 29.2 Å². The van der Waals surface area contributed by atoms with Gasteiger partial charge in [0.25, 0.3) is 0 Å². The molecule has 0 bridgehead atoms. The fourth-order valence-corrected chi connectivity index (χ4v) is 1.57. The first-order valence-corrected chi connectivity index (χ1v) is 5.58. The maximum absolute atomic E-state index is 10.6. The van der Waals surface area contributed by atoms with Crippen LogP contribution in [0.2, 0.25) is 0 Å². The maximum Gasteiger partial charge on any atom is 0.335 e.